The Hall–Kier alpha value is -3.02. The van der Waals surface area contributed by atoms with Crippen molar-refractivity contribution in [3.8, 4) is 11.5 Å². The molecule has 3 aliphatic rings. The van der Waals surface area contributed by atoms with Gasteiger partial charge in [-0.1, -0.05) is 30.3 Å². The molecule has 2 amide bonds. The maximum Gasteiger partial charge on any atom is 0.407 e. The van der Waals surface area contributed by atoms with Gasteiger partial charge in [0.1, 0.15) is 11.5 Å². The summed E-state index contributed by atoms with van der Waals surface area (Å²) in [5, 5.41) is 2.85. The predicted molar refractivity (Wildman–Crippen MR) is 116 cm³/mol. The number of nitrogens with one attached hydrogen (secondary N) is 1. The third kappa shape index (κ3) is 3.64. The molecule has 0 spiro atoms. The topological polar surface area (TPSA) is 67.9 Å². The van der Waals surface area contributed by atoms with Crippen LogP contribution in [0.3, 0.4) is 0 Å². The number of methoxy groups -OCH3 is 1. The lowest BCUT2D eigenvalue weighted by Crippen LogP contribution is -2.58. The number of carbonyl (C=O) groups excluding carboxylic acids is 2. The van der Waals surface area contributed by atoms with Crippen LogP contribution < -0.4 is 10.1 Å². The number of piperidine rings is 1. The molecule has 2 aliphatic carbocycles. The molecule has 0 aromatic heterocycles. The van der Waals surface area contributed by atoms with Crippen LogP contribution in [0.5, 0.6) is 11.5 Å². The quantitative estimate of drug-likeness (QED) is 0.791. The molecule has 2 aromatic carbocycles. The Morgan fingerprint density at radius 3 is 2.35 bits per heavy atom. The maximum atomic E-state index is 13.0. The van der Waals surface area contributed by atoms with E-state index in [1.54, 1.807) is 0 Å². The zero-order valence-electron chi connectivity index (χ0n) is 18.0. The molecule has 1 N–H and O–H groups in total. The van der Waals surface area contributed by atoms with E-state index in [2.05, 4.69) is 22.2 Å². The molecule has 31 heavy (non-hydrogen) atoms. The van der Waals surface area contributed by atoms with Crippen LogP contribution in [0.15, 0.2) is 54.6 Å². The van der Waals surface area contributed by atoms with Gasteiger partial charge in [0.15, 0.2) is 0 Å². The van der Waals surface area contributed by atoms with Crippen molar-refractivity contribution < 1.29 is 19.1 Å². The van der Waals surface area contributed by atoms with Crippen molar-refractivity contribution in [3.05, 3.63) is 60.2 Å². The lowest BCUT2D eigenvalue weighted by Gasteiger charge is -2.45. The van der Waals surface area contributed by atoms with Crippen LogP contribution in [-0.4, -0.2) is 42.6 Å². The van der Waals surface area contributed by atoms with Gasteiger partial charge in [-0.25, -0.2) is 4.79 Å². The lowest BCUT2D eigenvalue weighted by molar-refractivity contribution is -0.140. The first kappa shape index (κ1) is 19.9. The summed E-state index contributed by atoms with van der Waals surface area (Å²) in [7, 11) is 1.36. The van der Waals surface area contributed by atoms with E-state index in [4.69, 9.17) is 4.74 Å². The fourth-order valence-corrected chi connectivity index (χ4v) is 5.44. The first-order valence-electron chi connectivity index (χ1n) is 10.9. The molecule has 3 fully saturated rings. The van der Waals surface area contributed by atoms with E-state index in [1.165, 1.54) is 12.7 Å². The number of hydrogen-bond acceptors (Lipinski definition) is 4. The highest BCUT2D eigenvalue weighted by molar-refractivity contribution is 5.82. The molecular weight excluding hydrogens is 392 g/mol. The molecule has 2 saturated carbocycles. The summed E-state index contributed by atoms with van der Waals surface area (Å²) in [6.07, 6.45) is 2.04. The number of fused-ring (bicyclic) bond motifs is 1. The van der Waals surface area contributed by atoms with E-state index in [1.807, 2.05) is 54.3 Å². The van der Waals surface area contributed by atoms with E-state index in [0.717, 1.165) is 31.0 Å². The third-order valence-corrected chi connectivity index (χ3v) is 7.20. The van der Waals surface area contributed by atoms with Gasteiger partial charge in [0.25, 0.3) is 0 Å². The Balaban J connectivity index is 1.19. The highest BCUT2D eigenvalue weighted by Crippen LogP contribution is 2.59. The fraction of sp³-hybridized carbons (Fsp3) is 0.440. The van der Waals surface area contributed by atoms with Gasteiger partial charge in [-0.2, -0.15) is 0 Å². The molecule has 162 valence electrons. The number of benzene rings is 2. The largest absolute Gasteiger partial charge is 0.457 e. The zero-order chi connectivity index (χ0) is 21.6. The number of hydrogen-bond donors (Lipinski definition) is 1. The second-order valence-corrected chi connectivity index (χ2v) is 9.50. The Morgan fingerprint density at radius 2 is 1.68 bits per heavy atom. The standard InChI is InChI=1S/C25H28N2O4/c1-24(26-23(29)30-2)12-17(13-24)22(28)27-15-19-14-25(19,16-27)18-8-10-21(11-9-18)31-20-6-4-3-5-7-20/h3-11,17,19H,12-16H2,1-2H3,(H,26,29). The van der Waals surface area contributed by atoms with Crippen molar-refractivity contribution in [2.24, 2.45) is 11.8 Å². The minimum Gasteiger partial charge on any atom is -0.457 e. The second-order valence-electron chi connectivity index (χ2n) is 9.50. The van der Waals surface area contributed by atoms with Gasteiger partial charge in [-0.3, -0.25) is 4.79 Å². The van der Waals surface area contributed by atoms with Crippen molar-refractivity contribution in [1.82, 2.24) is 10.2 Å². The summed E-state index contributed by atoms with van der Waals surface area (Å²) in [6, 6.07) is 18.1. The van der Waals surface area contributed by atoms with Gasteiger partial charge in [0.2, 0.25) is 5.91 Å². The number of para-hydroxylation sites is 1. The smallest absolute Gasteiger partial charge is 0.407 e. The Morgan fingerprint density at radius 1 is 1.00 bits per heavy atom. The molecule has 6 heteroatoms. The normalized spacial score (nSPS) is 30.7. The molecule has 1 heterocycles. The summed E-state index contributed by atoms with van der Waals surface area (Å²) in [4.78, 5) is 26.6. The monoisotopic (exact) mass is 420 g/mol. The summed E-state index contributed by atoms with van der Waals surface area (Å²) >= 11 is 0. The van der Waals surface area contributed by atoms with Gasteiger partial charge < -0.3 is 19.7 Å². The Labute approximate surface area is 182 Å². The molecule has 6 nitrogen and oxygen atoms in total. The number of nitrogens with zero attached hydrogens (tertiary/aromatic N) is 1. The average Bonchev–Trinajstić information content (AvgIpc) is 3.33. The minimum absolute atomic E-state index is 0.0154. The first-order chi connectivity index (χ1) is 14.9. The molecule has 1 saturated heterocycles. The highest BCUT2D eigenvalue weighted by Gasteiger charge is 2.62. The Bertz CT molecular complexity index is 984. The van der Waals surface area contributed by atoms with Crippen LogP contribution in [0.2, 0.25) is 0 Å². The van der Waals surface area contributed by atoms with Gasteiger partial charge >= 0.3 is 6.09 Å². The van der Waals surface area contributed by atoms with E-state index < -0.39 is 6.09 Å². The van der Waals surface area contributed by atoms with Gasteiger partial charge in [-0.05, 0) is 61.9 Å². The van der Waals surface area contributed by atoms with Crippen LogP contribution in [-0.2, 0) is 14.9 Å². The van der Waals surface area contributed by atoms with Crippen molar-refractivity contribution in [2.75, 3.05) is 20.2 Å². The number of amides is 2. The fourth-order valence-electron chi connectivity index (χ4n) is 5.44. The third-order valence-electron chi connectivity index (χ3n) is 7.20. The first-order valence-corrected chi connectivity index (χ1v) is 10.9. The molecule has 2 aromatic rings. The summed E-state index contributed by atoms with van der Waals surface area (Å²) in [5.41, 5.74) is 1.04. The van der Waals surface area contributed by atoms with E-state index >= 15 is 0 Å². The summed E-state index contributed by atoms with van der Waals surface area (Å²) in [6.45, 7) is 3.58. The molecular formula is C25H28N2O4. The molecule has 2 unspecified atom stereocenters. The lowest BCUT2D eigenvalue weighted by atomic mass is 9.69. The minimum atomic E-state index is -0.436. The van der Waals surface area contributed by atoms with E-state index in [9.17, 15) is 9.59 Å². The van der Waals surface area contributed by atoms with Crippen molar-refractivity contribution >= 4 is 12.0 Å². The zero-order valence-corrected chi connectivity index (χ0v) is 18.0. The number of carbonyl (C=O) groups is 2. The maximum absolute atomic E-state index is 13.0. The van der Waals surface area contributed by atoms with Gasteiger partial charge in [-0.15, -0.1) is 0 Å². The van der Waals surface area contributed by atoms with Gasteiger partial charge in [0, 0.05) is 30.0 Å². The summed E-state index contributed by atoms with van der Waals surface area (Å²) < 4.78 is 10.6. The van der Waals surface area contributed by atoms with Crippen LogP contribution in [0, 0.1) is 11.8 Å². The van der Waals surface area contributed by atoms with Crippen LogP contribution >= 0.6 is 0 Å². The van der Waals surface area contributed by atoms with E-state index in [-0.39, 0.29) is 22.8 Å². The van der Waals surface area contributed by atoms with Crippen molar-refractivity contribution in [2.45, 2.75) is 37.1 Å². The number of likely N-dealkylation sites (tertiary alicyclic amines) is 1. The van der Waals surface area contributed by atoms with E-state index in [0.29, 0.717) is 18.8 Å². The molecule has 2 atom stereocenters. The second kappa shape index (κ2) is 7.29. The number of rotatable bonds is 5. The van der Waals surface area contributed by atoms with Crippen molar-refractivity contribution in [1.29, 1.82) is 0 Å². The van der Waals surface area contributed by atoms with Crippen LogP contribution in [0.1, 0.15) is 31.7 Å². The Kier molecular flexibility index (Phi) is 4.68. The average molecular weight is 421 g/mol. The summed E-state index contributed by atoms with van der Waals surface area (Å²) in [5.74, 6) is 2.39. The van der Waals surface area contributed by atoms with Crippen LogP contribution in [0.25, 0.3) is 0 Å². The molecule has 1 aliphatic heterocycles. The SMILES string of the molecule is COC(=O)NC1(C)CC(C(=O)N2CC3CC3(c3ccc(Oc4ccccc4)cc3)C2)C1. The highest BCUT2D eigenvalue weighted by atomic mass is 16.5. The van der Waals surface area contributed by atoms with Crippen LogP contribution in [0.4, 0.5) is 4.79 Å². The molecule has 5 rings (SSSR count). The molecule has 0 radical (unpaired) electrons. The molecule has 0 bridgehead atoms. The predicted octanol–water partition coefficient (Wildman–Crippen LogP) is 4.10. The number of ether oxygens (including phenoxy) is 2. The van der Waals surface area contributed by atoms with Crippen molar-refractivity contribution in [3.63, 3.8) is 0 Å². The number of alkyl carbamates (subject to hydrolysis) is 1. The van der Waals surface area contributed by atoms with Gasteiger partial charge in [0.05, 0.1) is 7.11 Å².